The third kappa shape index (κ3) is 3.69. The van der Waals surface area contributed by atoms with Crippen molar-refractivity contribution in [2.75, 3.05) is 5.32 Å². The summed E-state index contributed by atoms with van der Waals surface area (Å²) in [4.78, 5) is 38.7. The molecular formula is C26H14ClN5O7. The van der Waals surface area contributed by atoms with Gasteiger partial charge in [0.05, 0.1) is 27.3 Å². The van der Waals surface area contributed by atoms with Crippen LogP contribution in [0.15, 0.2) is 60.7 Å². The van der Waals surface area contributed by atoms with Gasteiger partial charge < -0.3 is 20.6 Å². The minimum Gasteiger partial charge on any atom is -0.507 e. The monoisotopic (exact) mass is 543 g/mol. The molecule has 0 aliphatic heterocycles. The topological polar surface area (TPSA) is 181 Å². The molecule has 0 amide bonds. The number of anilines is 2. The first-order valence-electron chi connectivity index (χ1n) is 11.2. The third-order valence-corrected chi connectivity index (χ3v) is 6.50. The number of carbonyl (C=O) groups excluding carboxylic acids is 2. The molecule has 0 saturated carbocycles. The first kappa shape index (κ1) is 23.9. The van der Waals surface area contributed by atoms with Crippen molar-refractivity contribution < 1.29 is 29.8 Å². The fourth-order valence-corrected chi connectivity index (χ4v) is 4.69. The minimum absolute atomic E-state index is 0.0578. The van der Waals surface area contributed by atoms with E-state index in [2.05, 4.69) is 15.5 Å². The van der Waals surface area contributed by atoms with Crippen LogP contribution in [-0.4, -0.2) is 46.8 Å². The van der Waals surface area contributed by atoms with Crippen molar-refractivity contribution in [2.45, 2.75) is 0 Å². The lowest BCUT2D eigenvalue weighted by atomic mass is 9.81. The normalized spacial score (nSPS) is 12.3. The molecule has 1 aromatic heterocycles. The Morgan fingerprint density at radius 1 is 0.769 bits per heavy atom. The number of fused-ring (bicyclic) bond motifs is 3. The molecule has 0 spiro atoms. The Bertz CT molecular complexity index is 1920. The van der Waals surface area contributed by atoms with Gasteiger partial charge in [-0.25, -0.2) is 0 Å². The van der Waals surface area contributed by atoms with Crippen LogP contribution >= 0.6 is 11.6 Å². The summed E-state index contributed by atoms with van der Waals surface area (Å²) in [7, 11) is 0. The molecule has 12 nitrogen and oxygen atoms in total. The zero-order valence-electron chi connectivity index (χ0n) is 19.4. The molecule has 192 valence electrons. The number of nitrogens with one attached hydrogen (secondary N) is 1. The standard InChI is InChI=1S/C26H14ClN5O7/c27-11-1-3-13-15(9-11)30-31(29-13)16-5-2-12(10-20(16)35)28-14-4-7-18(33)23-21(14)25(36)24-19(34)8-6-17(32(38)39)22(24)26(23)37/h1-10,28,33-35H. The van der Waals surface area contributed by atoms with Crippen molar-refractivity contribution in [3.63, 3.8) is 0 Å². The molecule has 0 fully saturated rings. The van der Waals surface area contributed by atoms with Crippen LogP contribution in [0, 0.1) is 10.1 Å². The number of phenolic OH excluding ortho intramolecular Hbond substituents is 3. The van der Waals surface area contributed by atoms with Crippen molar-refractivity contribution in [1.29, 1.82) is 0 Å². The lowest BCUT2D eigenvalue weighted by Gasteiger charge is -2.22. The summed E-state index contributed by atoms with van der Waals surface area (Å²) >= 11 is 6.00. The summed E-state index contributed by atoms with van der Waals surface area (Å²) in [6.07, 6.45) is 0. The first-order chi connectivity index (χ1) is 18.6. The SMILES string of the molecule is O=C1c2c(O)ccc([N+](=O)[O-])c2C(=O)c2c(O)ccc(Nc3ccc(-n4nc5ccc(Cl)cc5n4)c(O)c3)c21. The van der Waals surface area contributed by atoms with E-state index >= 15 is 0 Å². The maximum atomic E-state index is 13.5. The quantitative estimate of drug-likeness (QED) is 0.139. The van der Waals surface area contributed by atoms with Gasteiger partial charge in [0, 0.05) is 22.8 Å². The second kappa shape index (κ2) is 8.53. The van der Waals surface area contributed by atoms with Crippen LogP contribution in [0.3, 0.4) is 0 Å². The number of halogens is 1. The first-order valence-corrected chi connectivity index (χ1v) is 11.6. The number of rotatable bonds is 4. The van der Waals surface area contributed by atoms with Crippen LogP contribution in [0.1, 0.15) is 31.8 Å². The number of ketones is 2. The predicted molar refractivity (Wildman–Crippen MR) is 139 cm³/mol. The number of nitro groups is 1. The Morgan fingerprint density at radius 3 is 2.15 bits per heavy atom. The Balaban J connectivity index is 1.41. The molecule has 1 heterocycles. The summed E-state index contributed by atoms with van der Waals surface area (Å²) in [6, 6.07) is 13.7. The molecule has 4 N–H and O–H groups in total. The highest BCUT2D eigenvalue weighted by atomic mass is 35.5. The lowest BCUT2D eigenvalue weighted by Crippen LogP contribution is -2.23. The molecule has 6 rings (SSSR count). The van der Waals surface area contributed by atoms with Gasteiger partial charge in [-0.1, -0.05) is 11.6 Å². The van der Waals surface area contributed by atoms with E-state index in [0.717, 1.165) is 18.2 Å². The van der Waals surface area contributed by atoms with Crippen LogP contribution in [0.25, 0.3) is 16.7 Å². The van der Waals surface area contributed by atoms with Crippen LogP contribution in [0.2, 0.25) is 5.02 Å². The number of aromatic nitrogens is 3. The zero-order chi connectivity index (χ0) is 27.6. The number of nitrogens with zero attached hydrogens (tertiary/aromatic N) is 4. The number of hydrogen-bond donors (Lipinski definition) is 4. The summed E-state index contributed by atoms with van der Waals surface area (Å²) in [6.45, 7) is 0. The van der Waals surface area contributed by atoms with Gasteiger partial charge >= 0.3 is 0 Å². The van der Waals surface area contributed by atoms with Crippen LogP contribution in [0.5, 0.6) is 17.2 Å². The smallest absolute Gasteiger partial charge is 0.281 e. The molecular weight excluding hydrogens is 530 g/mol. The van der Waals surface area contributed by atoms with E-state index in [1.807, 2.05) is 0 Å². The van der Waals surface area contributed by atoms with Gasteiger partial charge in [0.25, 0.3) is 5.69 Å². The van der Waals surface area contributed by atoms with Crippen molar-refractivity contribution >= 4 is 51.3 Å². The van der Waals surface area contributed by atoms with E-state index in [-0.39, 0.29) is 22.7 Å². The molecule has 4 aromatic carbocycles. The minimum atomic E-state index is -0.988. The molecule has 5 aromatic rings. The van der Waals surface area contributed by atoms with Crippen LogP contribution in [0.4, 0.5) is 17.1 Å². The maximum Gasteiger partial charge on any atom is 0.281 e. The highest BCUT2D eigenvalue weighted by Crippen LogP contribution is 2.43. The van der Waals surface area contributed by atoms with Crippen molar-refractivity contribution in [1.82, 2.24) is 15.0 Å². The van der Waals surface area contributed by atoms with Gasteiger partial charge in [0.15, 0.2) is 0 Å². The number of hydrogen-bond acceptors (Lipinski definition) is 10. The van der Waals surface area contributed by atoms with Crippen molar-refractivity contribution in [3.05, 3.63) is 98.1 Å². The molecule has 0 atom stereocenters. The number of carbonyl (C=O) groups is 2. The summed E-state index contributed by atoms with van der Waals surface area (Å²) in [5, 5.41) is 55.0. The fourth-order valence-electron chi connectivity index (χ4n) is 4.53. The fraction of sp³-hybridized carbons (Fsp3) is 0. The van der Waals surface area contributed by atoms with E-state index in [1.54, 1.807) is 24.3 Å². The number of benzene rings is 4. The van der Waals surface area contributed by atoms with Crippen molar-refractivity contribution in [2.24, 2.45) is 0 Å². The van der Waals surface area contributed by atoms with E-state index in [0.29, 0.717) is 21.7 Å². The number of phenols is 3. The van der Waals surface area contributed by atoms with Gasteiger partial charge in [-0.3, -0.25) is 19.7 Å². The highest BCUT2D eigenvalue weighted by Gasteiger charge is 2.40. The number of aromatic hydroxyl groups is 3. The Hall–Kier alpha value is -5.49. The molecule has 0 bridgehead atoms. The molecule has 1 aliphatic carbocycles. The molecule has 0 radical (unpaired) electrons. The van der Waals surface area contributed by atoms with Gasteiger partial charge in [-0.2, -0.15) is 0 Å². The van der Waals surface area contributed by atoms with Gasteiger partial charge in [-0.15, -0.1) is 15.0 Å². The Kier molecular flexibility index (Phi) is 5.22. The average molecular weight is 544 g/mol. The Labute approximate surface area is 222 Å². The molecule has 0 unspecified atom stereocenters. The number of nitro benzene ring substituents is 1. The highest BCUT2D eigenvalue weighted by molar-refractivity contribution is 6.33. The molecule has 1 aliphatic rings. The predicted octanol–water partition coefficient (Wildman–Crippen LogP) is 4.62. The summed E-state index contributed by atoms with van der Waals surface area (Å²) in [5.41, 5.74) is -0.874. The lowest BCUT2D eigenvalue weighted by molar-refractivity contribution is -0.385. The van der Waals surface area contributed by atoms with E-state index in [9.17, 15) is 35.0 Å². The van der Waals surface area contributed by atoms with Crippen molar-refractivity contribution in [3.8, 4) is 22.9 Å². The molecule has 39 heavy (non-hydrogen) atoms. The molecule has 13 heteroatoms. The van der Waals surface area contributed by atoms with Gasteiger partial charge in [0.2, 0.25) is 11.6 Å². The van der Waals surface area contributed by atoms with Gasteiger partial charge in [0.1, 0.15) is 39.5 Å². The van der Waals surface area contributed by atoms with Crippen LogP contribution < -0.4 is 5.32 Å². The molecule has 0 saturated heterocycles. The Morgan fingerprint density at radius 2 is 1.44 bits per heavy atom. The second-order valence-corrected chi connectivity index (χ2v) is 9.04. The summed E-state index contributed by atoms with van der Waals surface area (Å²) in [5.74, 6) is -3.28. The van der Waals surface area contributed by atoms with Gasteiger partial charge in [-0.05, 0) is 48.5 Å². The average Bonchev–Trinajstić information content (AvgIpc) is 3.30. The zero-order valence-corrected chi connectivity index (χ0v) is 20.2. The maximum absolute atomic E-state index is 13.5. The third-order valence-electron chi connectivity index (χ3n) is 6.26. The summed E-state index contributed by atoms with van der Waals surface area (Å²) < 4.78 is 0. The second-order valence-electron chi connectivity index (χ2n) is 8.60. The largest absolute Gasteiger partial charge is 0.507 e. The van der Waals surface area contributed by atoms with E-state index < -0.39 is 50.4 Å². The van der Waals surface area contributed by atoms with E-state index in [4.69, 9.17) is 11.6 Å². The van der Waals surface area contributed by atoms with Crippen LogP contribution in [-0.2, 0) is 0 Å². The van der Waals surface area contributed by atoms with E-state index in [1.165, 1.54) is 23.0 Å².